The van der Waals surface area contributed by atoms with Gasteiger partial charge in [-0.05, 0) is 19.1 Å². The molecule has 5 heteroatoms. The van der Waals surface area contributed by atoms with Crippen molar-refractivity contribution in [2.45, 2.75) is 13.0 Å². The van der Waals surface area contributed by atoms with E-state index in [1.807, 2.05) is 19.1 Å². The second-order valence-corrected chi connectivity index (χ2v) is 4.80. The predicted molar refractivity (Wildman–Crippen MR) is 74.9 cm³/mol. The molecule has 0 radical (unpaired) electrons. The Labute approximate surface area is 114 Å². The molecule has 18 heavy (non-hydrogen) atoms. The molecule has 0 aliphatic rings. The van der Waals surface area contributed by atoms with Crippen molar-refractivity contribution in [3.05, 3.63) is 36.2 Å². The quantitative estimate of drug-likeness (QED) is 0.818. The first kappa shape index (κ1) is 13.0. The molecule has 2 rings (SSSR count). The van der Waals surface area contributed by atoms with Gasteiger partial charge in [0, 0.05) is 30.8 Å². The summed E-state index contributed by atoms with van der Waals surface area (Å²) in [7, 11) is 1.80. The SMILES string of the molecule is CC(CBr)N(C)C(=O)c1cccc2nccnc12. The lowest BCUT2D eigenvalue weighted by Gasteiger charge is -2.23. The van der Waals surface area contributed by atoms with Crippen LogP contribution >= 0.6 is 15.9 Å². The highest BCUT2D eigenvalue weighted by molar-refractivity contribution is 9.09. The van der Waals surface area contributed by atoms with Crippen LogP contribution in [0.25, 0.3) is 11.0 Å². The molecule has 1 heterocycles. The van der Waals surface area contributed by atoms with Crippen molar-refractivity contribution in [2.24, 2.45) is 0 Å². The second kappa shape index (κ2) is 5.44. The number of alkyl halides is 1. The summed E-state index contributed by atoms with van der Waals surface area (Å²) in [5, 5.41) is 0.742. The molecule has 0 bridgehead atoms. The summed E-state index contributed by atoms with van der Waals surface area (Å²) < 4.78 is 0. The van der Waals surface area contributed by atoms with E-state index in [-0.39, 0.29) is 11.9 Å². The minimum atomic E-state index is -0.0342. The van der Waals surface area contributed by atoms with Crippen molar-refractivity contribution in [1.29, 1.82) is 0 Å². The number of para-hydroxylation sites is 1. The first-order valence-corrected chi connectivity index (χ1v) is 6.80. The van der Waals surface area contributed by atoms with Crippen LogP contribution in [-0.2, 0) is 0 Å². The van der Waals surface area contributed by atoms with E-state index < -0.39 is 0 Å². The van der Waals surface area contributed by atoms with Crippen LogP contribution < -0.4 is 0 Å². The Balaban J connectivity index is 2.45. The highest BCUT2D eigenvalue weighted by atomic mass is 79.9. The monoisotopic (exact) mass is 307 g/mol. The fourth-order valence-corrected chi connectivity index (χ4v) is 2.09. The van der Waals surface area contributed by atoms with Crippen LogP contribution in [-0.4, -0.2) is 39.2 Å². The van der Waals surface area contributed by atoms with Crippen molar-refractivity contribution in [2.75, 3.05) is 12.4 Å². The van der Waals surface area contributed by atoms with Gasteiger partial charge >= 0.3 is 0 Å². The van der Waals surface area contributed by atoms with Gasteiger partial charge in [0.2, 0.25) is 0 Å². The first-order chi connectivity index (χ1) is 8.65. The molecular formula is C13H14BrN3O. The molecule has 0 aliphatic carbocycles. The van der Waals surface area contributed by atoms with E-state index in [1.165, 1.54) is 0 Å². The number of fused-ring (bicyclic) bond motifs is 1. The zero-order chi connectivity index (χ0) is 13.1. The maximum absolute atomic E-state index is 12.4. The van der Waals surface area contributed by atoms with Gasteiger partial charge in [0.15, 0.2) is 0 Å². The Bertz CT molecular complexity index is 568. The molecule has 4 nitrogen and oxygen atoms in total. The van der Waals surface area contributed by atoms with Gasteiger partial charge < -0.3 is 4.90 Å². The number of aromatic nitrogens is 2. The summed E-state index contributed by atoms with van der Waals surface area (Å²) in [6.07, 6.45) is 3.23. The van der Waals surface area contributed by atoms with Gasteiger partial charge in [-0.25, -0.2) is 0 Å². The molecule has 0 N–H and O–H groups in total. The number of benzene rings is 1. The zero-order valence-corrected chi connectivity index (χ0v) is 11.9. The summed E-state index contributed by atoms with van der Waals surface area (Å²) in [5.41, 5.74) is 1.98. The van der Waals surface area contributed by atoms with Gasteiger partial charge in [-0.2, -0.15) is 0 Å². The van der Waals surface area contributed by atoms with Crippen LogP contribution in [0.2, 0.25) is 0 Å². The number of nitrogens with zero attached hydrogens (tertiary/aromatic N) is 3. The van der Waals surface area contributed by atoms with Crippen LogP contribution in [0.5, 0.6) is 0 Å². The summed E-state index contributed by atoms with van der Waals surface area (Å²) >= 11 is 3.38. The van der Waals surface area contributed by atoms with Crippen LogP contribution in [0.1, 0.15) is 17.3 Å². The van der Waals surface area contributed by atoms with E-state index in [9.17, 15) is 4.79 Å². The lowest BCUT2D eigenvalue weighted by Crippen LogP contribution is -2.36. The standard InChI is InChI=1S/C13H14BrN3O/c1-9(8-14)17(2)13(18)10-4-3-5-11-12(10)16-7-6-15-11/h3-7,9H,8H2,1-2H3. The molecule has 1 unspecified atom stereocenters. The topological polar surface area (TPSA) is 46.1 Å². The van der Waals surface area contributed by atoms with E-state index in [2.05, 4.69) is 25.9 Å². The fraction of sp³-hybridized carbons (Fsp3) is 0.308. The maximum atomic E-state index is 12.4. The smallest absolute Gasteiger partial charge is 0.256 e. The van der Waals surface area contributed by atoms with Gasteiger partial charge in [-0.15, -0.1) is 0 Å². The molecular weight excluding hydrogens is 294 g/mol. The number of rotatable bonds is 3. The number of hydrogen-bond donors (Lipinski definition) is 0. The second-order valence-electron chi connectivity index (χ2n) is 4.15. The number of amides is 1. The minimum Gasteiger partial charge on any atom is -0.338 e. The Morgan fingerprint density at radius 2 is 2.11 bits per heavy atom. The van der Waals surface area contributed by atoms with Crippen molar-refractivity contribution in [3.63, 3.8) is 0 Å². The lowest BCUT2D eigenvalue weighted by molar-refractivity contribution is 0.0760. The molecule has 2 aromatic rings. The van der Waals surface area contributed by atoms with E-state index in [1.54, 1.807) is 30.4 Å². The third-order valence-electron chi connectivity index (χ3n) is 2.93. The normalized spacial score (nSPS) is 12.4. The van der Waals surface area contributed by atoms with Crippen LogP contribution in [0.15, 0.2) is 30.6 Å². The van der Waals surface area contributed by atoms with Gasteiger partial charge in [0.25, 0.3) is 5.91 Å². The molecule has 1 atom stereocenters. The van der Waals surface area contributed by atoms with Gasteiger partial charge in [-0.3, -0.25) is 14.8 Å². The third kappa shape index (κ3) is 2.36. The average Bonchev–Trinajstić information content (AvgIpc) is 2.44. The van der Waals surface area contributed by atoms with Crippen molar-refractivity contribution < 1.29 is 4.79 Å². The largest absolute Gasteiger partial charge is 0.338 e. The fourth-order valence-electron chi connectivity index (χ4n) is 1.66. The Hall–Kier alpha value is -1.49. The van der Waals surface area contributed by atoms with E-state index in [0.717, 1.165) is 10.8 Å². The lowest BCUT2D eigenvalue weighted by atomic mass is 10.1. The van der Waals surface area contributed by atoms with Gasteiger partial charge in [0.05, 0.1) is 11.1 Å². The predicted octanol–water partition coefficient (Wildman–Crippen LogP) is 2.49. The zero-order valence-electron chi connectivity index (χ0n) is 10.3. The van der Waals surface area contributed by atoms with Crippen LogP contribution in [0.3, 0.4) is 0 Å². The Morgan fingerprint density at radius 1 is 1.39 bits per heavy atom. The summed E-state index contributed by atoms with van der Waals surface area (Å²) in [5.74, 6) is -0.0342. The molecule has 0 fully saturated rings. The van der Waals surface area contributed by atoms with Gasteiger partial charge in [-0.1, -0.05) is 22.0 Å². The summed E-state index contributed by atoms with van der Waals surface area (Å²) in [6.45, 7) is 1.99. The molecule has 0 spiro atoms. The number of halogens is 1. The first-order valence-electron chi connectivity index (χ1n) is 5.68. The number of hydrogen-bond acceptors (Lipinski definition) is 3. The highest BCUT2D eigenvalue weighted by Crippen LogP contribution is 2.16. The Morgan fingerprint density at radius 3 is 2.83 bits per heavy atom. The molecule has 1 amide bonds. The van der Waals surface area contributed by atoms with E-state index >= 15 is 0 Å². The van der Waals surface area contributed by atoms with Gasteiger partial charge in [0.1, 0.15) is 5.52 Å². The summed E-state index contributed by atoms with van der Waals surface area (Å²) in [6, 6.07) is 5.60. The van der Waals surface area contributed by atoms with Crippen molar-refractivity contribution in [3.8, 4) is 0 Å². The van der Waals surface area contributed by atoms with Crippen molar-refractivity contribution >= 4 is 32.9 Å². The third-order valence-corrected chi connectivity index (χ3v) is 3.87. The van der Waals surface area contributed by atoms with Crippen LogP contribution in [0, 0.1) is 0 Å². The molecule has 0 saturated carbocycles. The minimum absolute atomic E-state index is 0.0342. The van der Waals surface area contributed by atoms with E-state index in [0.29, 0.717) is 11.1 Å². The molecule has 0 aliphatic heterocycles. The van der Waals surface area contributed by atoms with E-state index in [4.69, 9.17) is 0 Å². The van der Waals surface area contributed by atoms with Crippen molar-refractivity contribution in [1.82, 2.24) is 14.9 Å². The molecule has 0 saturated heterocycles. The molecule has 1 aromatic carbocycles. The number of carbonyl (C=O) groups excluding carboxylic acids is 1. The molecule has 94 valence electrons. The Kier molecular flexibility index (Phi) is 3.91. The number of carbonyl (C=O) groups is 1. The summed E-state index contributed by atoms with van der Waals surface area (Å²) in [4.78, 5) is 22.6. The molecule has 1 aromatic heterocycles. The highest BCUT2D eigenvalue weighted by Gasteiger charge is 2.19. The maximum Gasteiger partial charge on any atom is 0.256 e. The van der Waals surface area contributed by atoms with Crippen LogP contribution in [0.4, 0.5) is 0 Å². The average molecular weight is 308 g/mol.